The number of likely N-dealkylation sites (N-methyl/N-ethyl adjacent to an activating group) is 1. The number of aliphatic hydroxyl groups is 1. The number of Topliss-reactive ketones (excluding diaryl/α,β-unsaturated/α-hetero) is 1. The maximum Gasteiger partial charge on any atom is 0.164 e. The Morgan fingerprint density at radius 1 is 1.41 bits per heavy atom. The van der Waals surface area contributed by atoms with Gasteiger partial charge in [0.2, 0.25) is 0 Å². The van der Waals surface area contributed by atoms with Crippen LogP contribution in [0.25, 0.3) is 0 Å². The lowest BCUT2D eigenvalue weighted by atomic mass is 10.1. The number of hydrogen-bond acceptors (Lipinski definition) is 3. The Kier molecular flexibility index (Phi) is 5.82. The molecule has 1 aromatic carbocycles. The molecule has 1 unspecified atom stereocenters. The molecule has 0 radical (unpaired) electrons. The molecule has 0 aliphatic rings. The molecule has 1 N–H and O–H groups in total. The molecule has 0 spiro atoms. The minimum Gasteiger partial charge on any atom is -0.392 e. The predicted octanol–water partition coefficient (Wildman–Crippen LogP) is 2.33. The summed E-state index contributed by atoms with van der Waals surface area (Å²) in [4.78, 5) is 13.8. The highest BCUT2D eigenvalue weighted by molar-refractivity contribution is 9.10. The molecule has 0 fully saturated rings. The summed E-state index contributed by atoms with van der Waals surface area (Å²) in [6.07, 6.45) is 0.119. The summed E-state index contributed by atoms with van der Waals surface area (Å²) in [5, 5.41) is 9.20. The van der Waals surface area contributed by atoms with E-state index < -0.39 is 0 Å². The van der Waals surface area contributed by atoms with Crippen molar-refractivity contribution in [1.29, 1.82) is 0 Å². The fraction of sp³-hybridized carbons (Fsp3) is 0.462. The van der Waals surface area contributed by atoms with Crippen molar-refractivity contribution in [2.75, 3.05) is 20.1 Å². The lowest BCUT2D eigenvalue weighted by Crippen LogP contribution is -2.29. The standard InChI is InChI=1S/C13H18BrNO2/c1-10(16)9-15(2)8-7-13(17)11-3-5-12(14)6-4-11/h3-6,10,16H,7-9H2,1-2H3. The van der Waals surface area contributed by atoms with Crippen LogP contribution in [-0.4, -0.2) is 42.0 Å². The van der Waals surface area contributed by atoms with E-state index in [1.807, 2.05) is 36.2 Å². The van der Waals surface area contributed by atoms with Gasteiger partial charge in [0.05, 0.1) is 6.10 Å². The summed E-state index contributed by atoms with van der Waals surface area (Å²) in [6.45, 7) is 3.00. The lowest BCUT2D eigenvalue weighted by Gasteiger charge is -2.17. The van der Waals surface area contributed by atoms with Gasteiger partial charge in [0, 0.05) is 29.5 Å². The second kappa shape index (κ2) is 6.89. The van der Waals surface area contributed by atoms with Gasteiger partial charge < -0.3 is 10.0 Å². The van der Waals surface area contributed by atoms with Gasteiger partial charge >= 0.3 is 0 Å². The predicted molar refractivity (Wildman–Crippen MR) is 72.3 cm³/mol. The van der Waals surface area contributed by atoms with Gasteiger partial charge in [-0.3, -0.25) is 4.79 Å². The van der Waals surface area contributed by atoms with Crippen LogP contribution in [-0.2, 0) is 0 Å². The summed E-state index contributed by atoms with van der Waals surface area (Å²) in [7, 11) is 1.90. The summed E-state index contributed by atoms with van der Waals surface area (Å²) < 4.78 is 0.972. The molecule has 0 heterocycles. The monoisotopic (exact) mass is 299 g/mol. The number of rotatable bonds is 6. The molecule has 0 aliphatic heterocycles. The Bertz CT molecular complexity index is 362. The van der Waals surface area contributed by atoms with Gasteiger partial charge in [0.15, 0.2) is 5.78 Å². The molecular formula is C13H18BrNO2. The first kappa shape index (κ1) is 14.4. The van der Waals surface area contributed by atoms with Crippen molar-refractivity contribution in [1.82, 2.24) is 4.90 Å². The fourth-order valence-corrected chi connectivity index (χ4v) is 1.88. The quantitative estimate of drug-likeness (QED) is 0.820. The SMILES string of the molecule is CC(O)CN(C)CCC(=O)c1ccc(Br)cc1. The average Bonchev–Trinajstić information content (AvgIpc) is 2.26. The zero-order chi connectivity index (χ0) is 12.8. The zero-order valence-electron chi connectivity index (χ0n) is 10.2. The number of hydrogen-bond donors (Lipinski definition) is 1. The molecule has 0 aromatic heterocycles. The van der Waals surface area contributed by atoms with E-state index in [1.54, 1.807) is 6.92 Å². The molecule has 3 nitrogen and oxygen atoms in total. The minimum absolute atomic E-state index is 0.134. The third kappa shape index (κ3) is 5.44. The first-order chi connectivity index (χ1) is 7.99. The molecular weight excluding hydrogens is 282 g/mol. The molecule has 1 rings (SSSR count). The van der Waals surface area contributed by atoms with Gasteiger partial charge in [-0.25, -0.2) is 0 Å². The van der Waals surface area contributed by atoms with E-state index in [-0.39, 0.29) is 11.9 Å². The number of benzene rings is 1. The third-order valence-corrected chi connectivity index (χ3v) is 2.99. The third-order valence-electron chi connectivity index (χ3n) is 2.46. The van der Waals surface area contributed by atoms with Crippen LogP contribution in [0, 0.1) is 0 Å². The minimum atomic E-state index is -0.359. The Labute approximate surface area is 111 Å². The summed E-state index contributed by atoms with van der Waals surface area (Å²) in [6, 6.07) is 7.38. The smallest absolute Gasteiger partial charge is 0.164 e. The number of carbonyl (C=O) groups is 1. The summed E-state index contributed by atoms with van der Waals surface area (Å²) in [5.74, 6) is 0.134. The van der Waals surface area contributed by atoms with Crippen molar-refractivity contribution in [3.05, 3.63) is 34.3 Å². The first-order valence-corrected chi connectivity index (χ1v) is 6.43. The van der Waals surface area contributed by atoms with Crippen molar-refractivity contribution < 1.29 is 9.90 Å². The zero-order valence-corrected chi connectivity index (χ0v) is 11.8. The Morgan fingerprint density at radius 2 is 2.00 bits per heavy atom. The Morgan fingerprint density at radius 3 is 2.53 bits per heavy atom. The van der Waals surface area contributed by atoms with Gasteiger partial charge in [0.1, 0.15) is 0 Å². The highest BCUT2D eigenvalue weighted by Crippen LogP contribution is 2.12. The number of nitrogens with zero attached hydrogens (tertiary/aromatic N) is 1. The summed E-state index contributed by atoms with van der Waals surface area (Å²) >= 11 is 3.34. The van der Waals surface area contributed by atoms with Crippen LogP contribution >= 0.6 is 15.9 Å². The molecule has 0 bridgehead atoms. The largest absolute Gasteiger partial charge is 0.392 e. The second-order valence-electron chi connectivity index (χ2n) is 4.29. The molecule has 0 saturated carbocycles. The van der Waals surface area contributed by atoms with Crippen molar-refractivity contribution in [3.8, 4) is 0 Å². The second-order valence-corrected chi connectivity index (χ2v) is 5.21. The molecule has 0 amide bonds. The molecule has 1 aromatic rings. The van der Waals surface area contributed by atoms with Crippen LogP contribution in [0.3, 0.4) is 0 Å². The Hall–Kier alpha value is -0.710. The van der Waals surface area contributed by atoms with Gasteiger partial charge in [-0.2, -0.15) is 0 Å². The number of carbonyl (C=O) groups excluding carboxylic acids is 1. The van der Waals surface area contributed by atoms with Crippen LogP contribution in [0.4, 0.5) is 0 Å². The van der Waals surface area contributed by atoms with Crippen LogP contribution < -0.4 is 0 Å². The van der Waals surface area contributed by atoms with E-state index in [4.69, 9.17) is 0 Å². The van der Waals surface area contributed by atoms with E-state index >= 15 is 0 Å². The van der Waals surface area contributed by atoms with Crippen LogP contribution in [0.5, 0.6) is 0 Å². The molecule has 4 heteroatoms. The summed E-state index contributed by atoms with van der Waals surface area (Å²) in [5.41, 5.74) is 0.735. The van der Waals surface area contributed by atoms with E-state index in [0.717, 1.165) is 10.0 Å². The first-order valence-electron chi connectivity index (χ1n) is 5.64. The van der Waals surface area contributed by atoms with Gasteiger partial charge in [-0.05, 0) is 26.1 Å². The highest BCUT2D eigenvalue weighted by Gasteiger charge is 2.08. The van der Waals surface area contributed by atoms with Crippen molar-refractivity contribution >= 4 is 21.7 Å². The van der Waals surface area contributed by atoms with E-state index in [0.29, 0.717) is 19.5 Å². The maximum absolute atomic E-state index is 11.8. The molecule has 1 atom stereocenters. The van der Waals surface area contributed by atoms with E-state index in [2.05, 4.69) is 15.9 Å². The van der Waals surface area contributed by atoms with Crippen LogP contribution in [0.1, 0.15) is 23.7 Å². The normalized spacial score (nSPS) is 12.8. The van der Waals surface area contributed by atoms with Gasteiger partial charge in [0.25, 0.3) is 0 Å². The number of ketones is 1. The molecule has 0 saturated heterocycles. The van der Waals surface area contributed by atoms with Crippen LogP contribution in [0.2, 0.25) is 0 Å². The maximum atomic E-state index is 11.8. The van der Waals surface area contributed by atoms with E-state index in [9.17, 15) is 9.90 Å². The molecule has 94 valence electrons. The average molecular weight is 300 g/mol. The van der Waals surface area contributed by atoms with Crippen molar-refractivity contribution in [2.24, 2.45) is 0 Å². The Balaban J connectivity index is 2.42. The van der Waals surface area contributed by atoms with Gasteiger partial charge in [-0.15, -0.1) is 0 Å². The van der Waals surface area contributed by atoms with E-state index in [1.165, 1.54) is 0 Å². The molecule has 17 heavy (non-hydrogen) atoms. The fourth-order valence-electron chi connectivity index (χ4n) is 1.61. The van der Waals surface area contributed by atoms with Crippen molar-refractivity contribution in [2.45, 2.75) is 19.4 Å². The van der Waals surface area contributed by atoms with Gasteiger partial charge in [-0.1, -0.05) is 28.1 Å². The lowest BCUT2D eigenvalue weighted by molar-refractivity contribution is 0.0948. The highest BCUT2D eigenvalue weighted by atomic mass is 79.9. The number of aliphatic hydroxyl groups excluding tert-OH is 1. The topological polar surface area (TPSA) is 40.5 Å². The molecule has 0 aliphatic carbocycles. The number of halogens is 1. The van der Waals surface area contributed by atoms with Crippen molar-refractivity contribution in [3.63, 3.8) is 0 Å². The van der Waals surface area contributed by atoms with Crippen LogP contribution in [0.15, 0.2) is 28.7 Å².